The molecule has 0 radical (unpaired) electrons. The third-order valence-electron chi connectivity index (χ3n) is 1.85. The van der Waals surface area contributed by atoms with E-state index >= 15 is 0 Å². The van der Waals surface area contributed by atoms with E-state index in [9.17, 15) is 0 Å². The zero-order valence-electron chi connectivity index (χ0n) is 7.71. The summed E-state index contributed by atoms with van der Waals surface area (Å²) in [4.78, 5) is 4.16. The number of aromatic nitrogens is 1. The van der Waals surface area contributed by atoms with Gasteiger partial charge in [-0.15, -0.1) is 0 Å². The van der Waals surface area contributed by atoms with E-state index in [0.717, 1.165) is 15.9 Å². The van der Waals surface area contributed by atoms with Crippen molar-refractivity contribution in [2.24, 2.45) is 0 Å². The molecule has 0 bridgehead atoms. The smallest absolute Gasteiger partial charge is 0.140 e. The van der Waals surface area contributed by atoms with Crippen molar-refractivity contribution in [2.75, 3.05) is 5.32 Å². The predicted octanol–water partition coefficient (Wildman–Crippen LogP) is 3.70. The summed E-state index contributed by atoms with van der Waals surface area (Å²) in [6, 6.07) is 3.70. The molecule has 0 saturated heterocycles. The molecule has 0 fully saturated rings. The summed E-state index contributed by atoms with van der Waals surface area (Å²) in [6.45, 7) is 0.670. The van der Waals surface area contributed by atoms with E-state index in [4.69, 9.17) is 16.0 Å². The standard InChI is InChI=1S/C10H8BrClN2O/c11-9-3-8(12)5-14-10(9)13-4-7-1-2-15-6-7/h1-3,5-6H,4H2,(H,13,14). The lowest BCUT2D eigenvalue weighted by atomic mass is 10.3. The fourth-order valence-corrected chi connectivity index (χ4v) is 1.90. The summed E-state index contributed by atoms with van der Waals surface area (Å²) in [5.41, 5.74) is 1.07. The second kappa shape index (κ2) is 4.68. The van der Waals surface area contributed by atoms with Gasteiger partial charge < -0.3 is 9.73 Å². The topological polar surface area (TPSA) is 38.1 Å². The summed E-state index contributed by atoms with van der Waals surface area (Å²) in [6.07, 6.45) is 4.93. The molecule has 5 heteroatoms. The molecule has 0 spiro atoms. The van der Waals surface area contributed by atoms with Crippen molar-refractivity contribution in [2.45, 2.75) is 6.54 Å². The molecule has 2 rings (SSSR count). The normalized spacial score (nSPS) is 10.3. The van der Waals surface area contributed by atoms with Crippen molar-refractivity contribution in [1.82, 2.24) is 4.98 Å². The lowest BCUT2D eigenvalue weighted by Crippen LogP contribution is -2.00. The highest BCUT2D eigenvalue weighted by Gasteiger charge is 2.02. The van der Waals surface area contributed by atoms with Crippen LogP contribution in [0, 0.1) is 0 Å². The summed E-state index contributed by atoms with van der Waals surface area (Å²) in [7, 11) is 0. The van der Waals surface area contributed by atoms with E-state index in [2.05, 4.69) is 26.2 Å². The zero-order chi connectivity index (χ0) is 10.7. The number of halogens is 2. The van der Waals surface area contributed by atoms with Crippen molar-refractivity contribution in [3.63, 3.8) is 0 Å². The van der Waals surface area contributed by atoms with Gasteiger partial charge in [0.15, 0.2) is 0 Å². The number of rotatable bonds is 3. The van der Waals surface area contributed by atoms with E-state index in [-0.39, 0.29) is 0 Å². The molecule has 0 unspecified atom stereocenters. The highest BCUT2D eigenvalue weighted by atomic mass is 79.9. The number of hydrogen-bond acceptors (Lipinski definition) is 3. The highest BCUT2D eigenvalue weighted by Crippen LogP contribution is 2.23. The van der Waals surface area contributed by atoms with Gasteiger partial charge in [0.2, 0.25) is 0 Å². The fraction of sp³-hybridized carbons (Fsp3) is 0.100. The maximum Gasteiger partial charge on any atom is 0.140 e. The summed E-state index contributed by atoms with van der Waals surface area (Å²) < 4.78 is 5.80. The SMILES string of the molecule is Clc1cnc(NCc2ccoc2)c(Br)c1. The first-order valence-electron chi connectivity index (χ1n) is 4.31. The Morgan fingerprint density at radius 3 is 3.07 bits per heavy atom. The van der Waals surface area contributed by atoms with Crippen LogP contribution in [-0.2, 0) is 6.54 Å². The van der Waals surface area contributed by atoms with Crippen molar-refractivity contribution in [3.8, 4) is 0 Å². The number of nitrogens with one attached hydrogen (secondary N) is 1. The molecule has 0 aromatic carbocycles. The van der Waals surface area contributed by atoms with Crippen LogP contribution in [0.2, 0.25) is 5.02 Å². The number of pyridine rings is 1. The lowest BCUT2D eigenvalue weighted by Gasteiger charge is -2.05. The van der Waals surface area contributed by atoms with Gasteiger partial charge in [0.25, 0.3) is 0 Å². The molecule has 0 aliphatic heterocycles. The van der Waals surface area contributed by atoms with Gasteiger partial charge in [-0.3, -0.25) is 0 Å². The Bertz CT molecular complexity index is 445. The third kappa shape index (κ3) is 2.73. The van der Waals surface area contributed by atoms with Crippen LogP contribution in [0.25, 0.3) is 0 Å². The Morgan fingerprint density at radius 1 is 1.53 bits per heavy atom. The molecule has 1 N–H and O–H groups in total. The molecule has 15 heavy (non-hydrogen) atoms. The minimum Gasteiger partial charge on any atom is -0.472 e. The quantitative estimate of drug-likeness (QED) is 0.935. The van der Waals surface area contributed by atoms with Crippen molar-refractivity contribution < 1.29 is 4.42 Å². The Kier molecular flexibility index (Phi) is 3.28. The van der Waals surface area contributed by atoms with Crippen LogP contribution >= 0.6 is 27.5 Å². The molecular weight excluding hydrogens is 279 g/mol. The van der Waals surface area contributed by atoms with Gasteiger partial charge in [-0.1, -0.05) is 11.6 Å². The van der Waals surface area contributed by atoms with Gasteiger partial charge in [-0.2, -0.15) is 0 Å². The van der Waals surface area contributed by atoms with E-state index < -0.39 is 0 Å². The van der Waals surface area contributed by atoms with E-state index in [1.165, 1.54) is 0 Å². The number of hydrogen-bond donors (Lipinski definition) is 1. The molecule has 2 aromatic heterocycles. The Labute approximate surface area is 101 Å². The fourth-order valence-electron chi connectivity index (χ4n) is 1.12. The molecule has 0 aliphatic carbocycles. The van der Waals surface area contributed by atoms with Crippen molar-refractivity contribution in [1.29, 1.82) is 0 Å². The Morgan fingerprint density at radius 2 is 2.40 bits per heavy atom. The van der Waals surface area contributed by atoms with Crippen LogP contribution in [0.15, 0.2) is 39.7 Å². The molecule has 0 atom stereocenters. The average Bonchev–Trinajstić information content (AvgIpc) is 2.69. The summed E-state index contributed by atoms with van der Waals surface area (Å²) in [5.74, 6) is 0.764. The van der Waals surface area contributed by atoms with Crippen LogP contribution in [0.3, 0.4) is 0 Å². The van der Waals surface area contributed by atoms with Crippen molar-refractivity contribution in [3.05, 3.63) is 45.9 Å². The molecule has 3 nitrogen and oxygen atoms in total. The molecule has 0 saturated carbocycles. The third-order valence-corrected chi connectivity index (χ3v) is 2.66. The molecular formula is C10H8BrClN2O. The molecule has 2 heterocycles. The van der Waals surface area contributed by atoms with Crippen LogP contribution in [0.4, 0.5) is 5.82 Å². The minimum absolute atomic E-state index is 0.607. The van der Waals surface area contributed by atoms with E-state index in [0.29, 0.717) is 11.6 Å². The van der Waals surface area contributed by atoms with Gasteiger partial charge in [-0.25, -0.2) is 4.98 Å². The summed E-state index contributed by atoms with van der Waals surface area (Å²) >= 11 is 9.16. The Hall–Kier alpha value is -1.00. The molecule has 0 aliphatic rings. The molecule has 2 aromatic rings. The first kappa shape index (κ1) is 10.5. The zero-order valence-corrected chi connectivity index (χ0v) is 10.0. The second-order valence-electron chi connectivity index (χ2n) is 2.97. The number of anilines is 1. The van der Waals surface area contributed by atoms with Gasteiger partial charge in [-0.05, 0) is 28.1 Å². The second-order valence-corrected chi connectivity index (χ2v) is 4.26. The van der Waals surface area contributed by atoms with E-state index in [1.54, 1.807) is 24.8 Å². The predicted molar refractivity (Wildman–Crippen MR) is 63.0 cm³/mol. The van der Waals surface area contributed by atoms with Gasteiger partial charge >= 0.3 is 0 Å². The maximum atomic E-state index is 5.78. The minimum atomic E-state index is 0.607. The first-order chi connectivity index (χ1) is 7.25. The van der Waals surface area contributed by atoms with Crippen molar-refractivity contribution >= 4 is 33.3 Å². The largest absolute Gasteiger partial charge is 0.472 e. The van der Waals surface area contributed by atoms with Crippen LogP contribution in [-0.4, -0.2) is 4.98 Å². The highest BCUT2D eigenvalue weighted by molar-refractivity contribution is 9.10. The molecule has 0 amide bonds. The van der Waals surface area contributed by atoms with Crippen LogP contribution in [0.1, 0.15) is 5.56 Å². The van der Waals surface area contributed by atoms with Gasteiger partial charge in [0.05, 0.1) is 22.0 Å². The van der Waals surface area contributed by atoms with Gasteiger partial charge in [0.1, 0.15) is 5.82 Å². The van der Waals surface area contributed by atoms with Crippen LogP contribution < -0.4 is 5.32 Å². The number of furan rings is 1. The number of nitrogens with zero attached hydrogens (tertiary/aromatic N) is 1. The van der Waals surface area contributed by atoms with Gasteiger partial charge in [0, 0.05) is 18.3 Å². The molecule has 78 valence electrons. The maximum absolute atomic E-state index is 5.78. The summed E-state index contributed by atoms with van der Waals surface area (Å²) in [5, 5.41) is 3.77. The first-order valence-corrected chi connectivity index (χ1v) is 5.49. The van der Waals surface area contributed by atoms with Crippen LogP contribution in [0.5, 0.6) is 0 Å². The Balaban J connectivity index is 2.05. The monoisotopic (exact) mass is 286 g/mol. The van der Waals surface area contributed by atoms with E-state index in [1.807, 2.05) is 6.07 Å². The lowest BCUT2D eigenvalue weighted by molar-refractivity contribution is 0.564. The average molecular weight is 288 g/mol.